The van der Waals surface area contributed by atoms with Gasteiger partial charge in [-0.25, -0.2) is 10.8 Å². The average Bonchev–Trinajstić information content (AvgIpc) is 2.85. The van der Waals surface area contributed by atoms with Gasteiger partial charge < -0.3 is 0 Å². The van der Waals surface area contributed by atoms with Crippen molar-refractivity contribution in [3.63, 3.8) is 0 Å². The topological polar surface area (TPSA) is 68.0 Å². The third-order valence-corrected chi connectivity index (χ3v) is 3.29. The molecule has 0 atom stereocenters. The highest BCUT2D eigenvalue weighted by molar-refractivity contribution is 7.09. The van der Waals surface area contributed by atoms with Crippen LogP contribution in [0.2, 0.25) is 0 Å². The SMILES string of the molecule is NNC(=O)c1csc(CCc2ccccc2)n1. The van der Waals surface area contributed by atoms with E-state index >= 15 is 0 Å². The van der Waals surface area contributed by atoms with E-state index in [9.17, 15) is 4.79 Å². The Balaban J connectivity index is 1.96. The molecule has 5 heteroatoms. The van der Waals surface area contributed by atoms with Gasteiger partial charge in [0.2, 0.25) is 0 Å². The third-order valence-electron chi connectivity index (χ3n) is 2.39. The van der Waals surface area contributed by atoms with Crippen LogP contribution in [-0.2, 0) is 12.8 Å². The number of thiazole rings is 1. The molecule has 2 rings (SSSR count). The monoisotopic (exact) mass is 247 g/mol. The molecule has 4 nitrogen and oxygen atoms in total. The summed E-state index contributed by atoms with van der Waals surface area (Å²) in [6.07, 6.45) is 1.77. The fraction of sp³-hybridized carbons (Fsp3) is 0.167. The molecule has 0 aliphatic carbocycles. The summed E-state index contributed by atoms with van der Waals surface area (Å²) < 4.78 is 0. The minimum absolute atomic E-state index is 0.341. The molecule has 0 saturated carbocycles. The summed E-state index contributed by atoms with van der Waals surface area (Å²) in [6.45, 7) is 0. The third kappa shape index (κ3) is 3.12. The maximum atomic E-state index is 11.2. The van der Waals surface area contributed by atoms with E-state index < -0.39 is 0 Å². The van der Waals surface area contributed by atoms with Crippen LogP contribution in [0.3, 0.4) is 0 Å². The molecule has 0 radical (unpaired) electrons. The standard InChI is InChI=1S/C12H13N3OS/c13-15-12(16)10-8-17-11(14-10)7-6-9-4-2-1-3-5-9/h1-5,8H,6-7,13H2,(H,15,16). The molecule has 17 heavy (non-hydrogen) atoms. The zero-order valence-corrected chi connectivity index (χ0v) is 10.0. The Hall–Kier alpha value is -1.72. The van der Waals surface area contributed by atoms with Gasteiger partial charge in [-0.15, -0.1) is 11.3 Å². The number of benzene rings is 1. The number of nitrogens with two attached hydrogens (primary N) is 1. The maximum absolute atomic E-state index is 11.2. The number of nitrogens with zero attached hydrogens (tertiary/aromatic N) is 1. The number of hydrogen-bond donors (Lipinski definition) is 2. The number of nitrogens with one attached hydrogen (secondary N) is 1. The summed E-state index contributed by atoms with van der Waals surface area (Å²) in [5, 5.41) is 2.68. The number of amides is 1. The van der Waals surface area contributed by atoms with Gasteiger partial charge in [0.25, 0.3) is 5.91 Å². The molecule has 2 aromatic rings. The van der Waals surface area contributed by atoms with Crippen LogP contribution in [0.4, 0.5) is 0 Å². The Labute approximate surface area is 103 Å². The van der Waals surface area contributed by atoms with Crippen LogP contribution >= 0.6 is 11.3 Å². The molecule has 0 fully saturated rings. The van der Waals surface area contributed by atoms with Crippen LogP contribution in [0, 0.1) is 0 Å². The lowest BCUT2D eigenvalue weighted by molar-refractivity contribution is 0.0949. The van der Waals surface area contributed by atoms with Crippen molar-refractivity contribution in [1.82, 2.24) is 10.4 Å². The molecule has 0 spiro atoms. The van der Waals surface area contributed by atoms with Crippen LogP contribution in [-0.4, -0.2) is 10.9 Å². The van der Waals surface area contributed by atoms with Crippen molar-refractivity contribution in [2.24, 2.45) is 5.84 Å². The predicted molar refractivity (Wildman–Crippen MR) is 67.6 cm³/mol. The van der Waals surface area contributed by atoms with Crippen LogP contribution in [0.25, 0.3) is 0 Å². The minimum Gasteiger partial charge on any atom is -0.289 e. The smallest absolute Gasteiger partial charge is 0.284 e. The zero-order chi connectivity index (χ0) is 12.1. The summed E-state index contributed by atoms with van der Waals surface area (Å²) in [6, 6.07) is 10.2. The Kier molecular flexibility index (Phi) is 3.85. The van der Waals surface area contributed by atoms with E-state index in [1.54, 1.807) is 5.38 Å². The van der Waals surface area contributed by atoms with Crippen molar-refractivity contribution in [3.05, 3.63) is 52.0 Å². The van der Waals surface area contributed by atoms with Crippen LogP contribution in [0.5, 0.6) is 0 Å². The molecule has 0 saturated heterocycles. The highest BCUT2D eigenvalue weighted by Gasteiger charge is 2.08. The van der Waals surface area contributed by atoms with Gasteiger partial charge in [0.1, 0.15) is 5.69 Å². The lowest BCUT2D eigenvalue weighted by atomic mass is 10.1. The van der Waals surface area contributed by atoms with Crippen molar-refractivity contribution in [3.8, 4) is 0 Å². The van der Waals surface area contributed by atoms with E-state index in [0.29, 0.717) is 5.69 Å². The lowest BCUT2D eigenvalue weighted by Crippen LogP contribution is -2.30. The van der Waals surface area contributed by atoms with E-state index in [4.69, 9.17) is 5.84 Å². The van der Waals surface area contributed by atoms with Gasteiger partial charge in [-0.1, -0.05) is 30.3 Å². The number of carbonyl (C=O) groups is 1. The van der Waals surface area contributed by atoms with Crippen molar-refractivity contribution in [1.29, 1.82) is 0 Å². The Morgan fingerprint density at radius 1 is 1.29 bits per heavy atom. The second-order valence-corrected chi connectivity index (χ2v) is 4.53. The first-order valence-electron chi connectivity index (χ1n) is 5.29. The second kappa shape index (κ2) is 5.56. The molecular weight excluding hydrogens is 234 g/mol. The molecule has 1 aromatic carbocycles. The minimum atomic E-state index is -0.341. The molecule has 0 bridgehead atoms. The van der Waals surface area contributed by atoms with Crippen molar-refractivity contribution >= 4 is 17.2 Å². The molecule has 0 unspecified atom stereocenters. The van der Waals surface area contributed by atoms with E-state index in [2.05, 4.69) is 22.5 Å². The number of aromatic nitrogens is 1. The summed E-state index contributed by atoms with van der Waals surface area (Å²) in [4.78, 5) is 15.4. The van der Waals surface area contributed by atoms with E-state index in [-0.39, 0.29) is 5.91 Å². The Morgan fingerprint density at radius 3 is 2.76 bits per heavy atom. The molecule has 3 N–H and O–H groups in total. The average molecular weight is 247 g/mol. The number of aryl methyl sites for hydroxylation is 2. The Morgan fingerprint density at radius 2 is 2.06 bits per heavy atom. The van der Waals surface area contributed by atoms with Gasteiger partial charge >= 0.3 is 0 Å². The molecule has 0 aliphatic heterocycles. The second-order valence-electron chi connectivity index (χ2n) is 3.59. The first-order chi connectivity index (χ1) is 8.29. The van der Waals surface area contributed by atoms with E-state index in [0.717, 1.165) is 17.8 Å². The predicted octanol–water partition coefficient (Wildman–Crippen LogP) is 1.53. The van der Waals surface area contributed by atoms with Crippen molar-refractivity contribution < 1.29 is 4.79 Å². The number of hydrogen-bond acceptors (Lipinski definition) is 4. The van der Waals surface area contributed by atoms with Gasteiger partial charge in [0.15, 0.2) is 0 Å². The summed E-state index contributed by atoms with van der Waals surface area (Å²) >= 11 is 1.48. The van der Waals surface area contributed by atoms with E-state index in [1.165, 1.54) is 16.9 Å². The van der Waals surface area contributed by atoms with Crippen molar-refractivity contribution in [2.75, 3.05) is 0 Å². The molecule has 1 heterocycles. The van der Waals surface area contributed by atoms with Gasteiger partial charge in [-0.2, -0.15) is 0 Å². The molecule has 1 amide bonds. The van der Waals surface area contributed by atoms with Gasteiger partial charge in [-0.05, 0) is 12.0 Å². The van der Waals surface area contributed by atoms with Gasteiger partial charge in [-0.3, -0.25) is 10.2 Å². The number of nitrogen functional groups attached to an aromatic ring is 1. The Bertz CT molecular complexity index is 495. The normalized spacial score (nSPS) is 10.2. The number of hydrazine groups is 1. The number of rotatable bonds is 4. The molecular formula is C12H13N3OS. The zero-order valence-electron chi connectivity index (χ0n) is 9.22. The summed E-state index contributed by atoms with van der Waals surface area (Å²) in [5.74, 6) is 4.70. The maximum Gasteiger partial charge on any atom is 0.284 e. The first kappa shape index (κ1) is 11.8. The lowest BCUT2D eigenvalue weighted by Gasteiger charge is -1.97. The summed E-state index contributed by atoms with van der Waals surface area (Å²) in [5.41, 5.74) is 3.73. The van der Waals surface area contributed by atoms with Crippen LogP contribution in [0.15, 0.2) is 35.7 Å². The highest BCUT2D eigenvalue weighted by Crippen LogP contribution is 2.12. The van der Waals surface area contributed by atoms with Crippen LogP contribution < -0.4 is 11.3 Å². The van der Waals surface area contributed by atoms with Gasteiger partial charge in [0, 0.05) is 11.8 Å². The molecule has 1 aromatic heterocycles. The van der Waals surface area contributed by atoms with Gasteiger partial charge in [0.05, 0.1) is 5.01 Å². The van der Waals surface area contributed by atoms with Crippen LogP contribution in [0.1, 0.15) is 21.1 Å². The van der Waals surface area contributed by atoms with Crippen molar-refractivity contribution in [2.45, 2.75) is 12.8 Å². The largest absolute Gasteiger partial charge is 0.289 e. The quantitative estimate of drug-likeness (QED) is 0.489. The molecule has 88 valence electrons. The highest BCUT2D eigenvalue weighted by atomic mass is 32.1. The first-order valence-corrected chi connectivity index (χ1v) is 6.17. The fourth-order valence-electron chi connectivity index (χ4n) is 1.50. The summed E-state index contributed by atoms with van der Waals surface area (Å²) in [7, 11) is 0. The number of carbonyl (C=O) groups excluding carboxylic acids is 1. The fourth-order valence-corrected chi connectivity index (χ4v) is 2.28. The van der Waals surface area contributed by atoms with E-state index in [1.807, 2.05) is 18.2 Å². The molecule has 0 aliphatic rings.